The third-order valence-corrected chi connectivity index (χ3v) is 1.98. The van der Waals surface area contributed by atoms with Gasteiger partial charge in [0.1, 0.15) is 6.10 Å². The number of aliphatic hydroxyl groups is 2. The molecule has 1 aliphatic carbocycles. The molecule has 0 radical (unpaired) electrons. The summed E-state index contributed by atoms with van der Waals surface area (Å²) in [5, 5.41) is 17.5. The SMILES string of the molecule is OCC(CO)OC1C=CCCC1. The number of hydrogen-bond acceptors (Lipinski definition) is 3. The van der Waals surface area contributed by atoms with Crippen molar-refractivity contribution in [2.45, 2.75) is 31.5 Å². The number of aliphatic hydroxyl groups excluding tert-OH is 2. The van der Waals surface area contributed by atoms with Gasteiger partial charge in [0.15, 0.2) is 0 Å². The van der Waals surface area contributed by atoms with Crippen molar-refractivity contribution < 1.29 is 14.9 Å². The zero-order chi connectivity index (χ0) is 8.81. The van der Waals surface area contributed by atoms with Crippen LogP contribution < -0.4 is 0 Å². The molecule has 3 heteroatoms. The van der Waals surface area contributed by atoms with Gasteiger partial charge in [0.2, 0.25) is 0 Å². The minimum atomic E-state index is -0.419. The van der Waals surface area contributed by atoms with E-state index in [0.29, 0.717) is 0 Å². The molecular weight excluding hydrogens is 156 g/mol. The van der Waals surface area contributed by atoms with Crippen molar-refractivity contribution in [1.29, 1.82) is 0 Å². The van der Waals surface area contributed by atoms with Crippen molar-refractivity contribution in [3.8, 4) is 0 Å². The van der Waals surface area contributed by atoms with Crippen LogP contribution in [0.3, 0.4) is 0 Å². The maximum absolute atomic E-state index is 8.75. The highest BCUT2D eigenvalue weighted by Gasteiger charge is 2.14. The van der Waals surface area contributed by atoms with E-state index in [4.69, 9.17) is 14.9 Å². The van der Waals surface area contributed by atoms with Gasteiger partial charge in [0.25, 0.3) is 0 Å². The van der Waals surface area contributed by atoms with Gasteiger partial charge >= 0.3 is 0 Å². The minimum Gasteiger partial charge on any atom is -0.394 e. The maximum Gasteiger partial charge on any atom is 0.104 e. The molecule has 70 valence electrons. The van der Waals surface area contributed by atoms with Crippen molar-refractivity contribution in [3.05, 3.63) is 12.2 Å². The topological polar surface area (TPSA) is 49.7 Å². The van der Waals surface area contributed by atoms with E-state index in [2.05, 4.69) is 6.08 Å². The molecule has 0 aromatic heterocycles. The summed E-state index contributed by atoms with van der Waals surface area (Å²) in [6, 6.07) is 0. The average molecular weight is 172 g/mol. The summed E-state index contributed by atoms with van der Waals surface area (Å²) in [5.41, 5.74) is 0. The fourth-order valence-corrected chi connectivity index (χ4v) is 1.29. The number of allylic oxidation sites excluding steroid dienone is 1. The highest BCUT2D eigenvalue weighted by atomic mass is 16.5. The predicted octanol–water partition coefficient (Wildman–Crippen LogP) is 0.465. The first kappa shape index (κ1) is 9.71. The molecular formula is C9H16O3. The van der Waals surface area contributed by atoms with Gasteiger partial charge in [0.05, 0.1) is 19.3 Å². The summed E-state index contributed by atoms with van der Waals surface area (Å²) in [4.78, 5) is 0. The minimum absolute atomic E-state index is 0.0862. The van der Waals surface area contributed by atoms with Gasteiger partial charge in [0, 0.05) is 0 Å². The second kappa shape index (κ2) is 5.30. The Kier molecular flexibility index (Phi) is 4.29. The van der Waals surface area contributed by atoms with Gasteiger partial charge in [-0.05, 0) is 19.3 Å². The van der Waals surface area contributed by atoms with Crippen LogP contribution in [0.5, 0.6) is 0 Å². The Bertz CT molecular complexity index is 141. The molecule has 0 spiro atoms. The number of ether oxygens (including phenoxy) is 1. The van der Waals surface area contributed by atoms with Crippen molar-refractivity contribution in [3.63, 3.8) is 0 Å². The average Bonchev–Trinajstić information content (AvgIpc) is 2.16. The molecule has 0 bridgehead atoms. The Morgan fingerprint density at radius 2 is 2.17 bits per heavy atom. The quantitative estimate of drug-likeness (QED) is 0.606. The highest BCUT2D eigenvalue weighted by Crippen LogP contribution is 2.14. The number of hydrogen-bond donors (Lipinski definition) is 2. The van der Waals surface area contributed by atoms with E-state index in [0.717, 1.165) is 19.3 Å². The molecule has 1 atom stereocenters. The molecule has 1 aliphatic rings. The maximum atomic E-state index is 8.75. The fourth-order valence-electron chi connectivity index (χ4n) is 1.29. The molecule has 0 aliphatic heterocycles. The van der Waals surface area contributed by atoms with Crippen LogP contribution in [0.4, 0.5) is 0 Å². The highest BCUT2D eigenvalue weighted by molar-refractivity contribution is 4.94. The van der Waals surface area contributed by atoms with Crippen molar-refractivity contribution in [1.82, 2.24) is 0 Å². The zero-order valence-electron chi connectivity index (χ0n) is 7.15. The van der Waals surface area contributed by atoms with Crippen LogP contribution >= 0.6 is 0 Å². The third-order valence-electron chi connectivity index (χ3n) is 1.98. The Morgan fingerprint density at radius 3 is 2.67 bits per heavy atom. The van der Waals surface area contributed by atoms with Crippen LogP contribution in [0.15, 0.2) is 12.2 Å². The molecule has 0 amide bonds. The Balaban J connectivity index is 2.28. The van der Waals surface area contributed by atoms with E-state index in [1.165, 1.54) is 0 Å². The van der Waals surface area contributed by atoms with Crippen molar-refractivity contribution in [2.24, 2.45) is 0 Å². The normalized spacial score (nSPS) is 23.4. The summed E-state index contributed by atoms with van der Waals surface area (Å²) >= 11 is 0. The summed E-state index contributed by atoms with van der Waals surface area (Å²) in [5.74, 6) is 0. The zero-order valence-corrected chi connectivity index (χ0v) is 7.15. The molecule has 0 heterocycles. The van der Waals surface area contributed by atoms with Gasteiger partial charge in [-0.25, -0.2) is 0 Å². The monoisotopic (exact) mass is 172 g/mol. The molecule has 1 unspecified atom stereocenters. The van der Waals surface area contributed by atoms with Crippen LogP contribution in [-0.2, 0) is 4.74 Å². The second-order valence-electron chi connectivity index (χ2n) is 3.02. The lowest BCUT2D eigenvalue weighted by molar-refractivity contribution is -0.0497. The Hall–Kier alpha value is -0.380. The first-order valence-corrected chi connectivity index (χ1v) is 4.40. The van der Waals surface area contributed by atoms with Crippen LogP contribution in [-0.4, -0.2) is 35.6 Å². The van der Waals surface area contributed by atoms with E-state index < -0.39 is 6.10 Å². The molecule has 1 rings (SSSR count). The molecule has 2 N–H and O–H groups in total. The summed E-state index contributed by atoms with van der Waals surface area (Å²) < 4.78 is 5.40. The Labute approximate surface area is 72.7 Å². The van der Waals surface area contributed by atoms with Crippen molar-refractivity contribution in [2.75, 3.05) is 13.2 Å². The van der Waals surface area contributed by atoms with Crippen LogP contribution in [0.2, 0.25) is 0 Å². The molecule has 0 saturated carbocycles. The van der Waals surface area contributed by atoms with Crippen LogP contribution in [0, 0.1) is 0 Å². The third kappa shape index (κ3) is 2.93. The summed E-state index contributed by atoms with van der Waals surface area (Å²) in [6.45, 7) is -0.221. The van der Waals surface area contributed by atoms with Gasteiger partial charge in [-0.15, -0.1) is 0 Å². The lowest BCUT2D eigenvalue weighted by Gasteiger charge is -2.21. The molecule has 0 fully saturated rings. The van der Waals surface area contributed by atoms with Crippen LogP contribution in [0.25, 0.3) is 0 Å². The molecule has 0 aromatic rings. The largest absolute Gasteiger partial charge is 0.394 e. The standard InChI is InChI=1S/C9H16O3/c10-6-9(7-11)12-8-4-2-1-3-5-8/h2,4,8-11H,1,3,5-7H2. The fraction of sp³-hybridized carbons (Fsp3) is 0.778. The Morgan fingerprint density at radius 1 is 1.42 bits per heavy atom. The second-order valence-corrected chi connectivity index (χ2v) is 3.02. The smallest absolute Gasteiger partial charge is 0.104 e. The number of rotatable bonds is 4. The molecule has 0 saturated heterocycles. The van der Waals surface area contributed by atoms with E-state index in [1.807, 2.05) is 6.08 Å². The lowest BCUT2D eigenvalue weighted by Crippen LogP contribution is -2.28. The van der Waals surface area contributed by atoms with Gasteiger partial charge < -0.3 is 14.9 Å². The van der Waals surface area contributed by atoms with E-state index in [-0.39, 0.29) is 19.3 Å². The first-order valence-electron chi connectivity index (χ1n) is 4.40. The molecule has 0 aromatic carbocycles. The molecule has 12 heavy (non-hydrogen) atoms. The van der Waals surface area contributed by atoms with E-state index >= 15 is 0 Å². The lowest BCUT2D eigenvalue weighted by atomic mass is 10.1. The molecule has 3 nitrogen and oxygen atoms in total. The van der Waals surface area contributed by atoms with Gasteiger partial charge in [-0.2, -0.15) is 0 Å². The van der Waals surface area contributed by atoms with Gasteiger partial charge in [-0.3, -0.25) is 0 Å². The summed E-state index contributed by atoms with van der Waals surface area (Å²) in [6.07, 6.45) is 6.99. The van der Waals surface area contributed by atoms with E-state index in [9.17, 15) is 0 Å². The first-order chi connectivity index (χ1) is 5.86. The van der Waals surface area contributed by atoms with Gasteiger partial charge in [-0.1, -0.05) is 12.2 Å². The predicted molar refractivity (Wildman–Crippen MR) is 45.8 cm³/mol. The van der Waals surface area contributed by atoms with Crippen LogP contribution in [0.1, 0.15) is 19.3 Å². The summed E-state index contributed by atoms with van der Waals surface area (Å²) in [7, 11) is 0. The van der Waals surface area contributed by atoms with E-state index in [1.54, 1.807) is 0 Å². The van der Waals surface area contributed by atoms with Crippen molar-refractivity contribution >= 4 is 0 Å².